The SMILES string of the molecule is O=C(Oc1cccc(/C=C2\SC(=O)N(Cc3ccc4ccccc4c3)C2=O)c1)c1cc([N+](=O)[O-])cc([N+](=O)[O-])c1. The topological polar surface area (TPSA) is 150 Å². The van der Waals surface area contributed by atoms with Gasteiger partial charge in [0.05, 0.1) is 32.9 Å². The maximum Gasteiger partial charge on any atom is 0.344 e. The molecule has 2 amide bonds. The van der Waals surface area contributed by atoms with Gasteiger partial charge in [-0.1, -0.05) is 48.5 Å². The molecule has 5 rings (SSSR count). The molecular formula is C28H17N3O8S. The Morgan fingerprint density at radius 2 is 1.55 bits per heavy atom. The molecule has 198 valence electrons. The van der Waals surface area contributed by atoms with Gasteiger partial charge in [-0.3, -0.25) is 34.7 Å². The minimum atomic E-state index is -1.04. The largest absolute Gasteiger partial charge is 0.423 e. The van der Waals surface area contributed by atoms with Crippen molar-refractivity contribution in [2.24, 2.45) is 0 Å². The van der Waals surface area contributed by atoms with Crippen LogP contribution in [0.1, 0.15) is 21.5 Å². The summed E-state index contributed by atoms with van der Waals surface area (Å²) in [7, 11) is 0. The third-order valence-corrected chi connectivity index (χ3v) is 6.86. The van der Waals surface area contributed by atoms with Crippen molar-refractivity contribution in [2.75, 3.05) is 0 Å². The van der Waals surface area contributed by atoms with Crippen molar-refractivity contribution >= 4 is 57.1 Å². The Kier molecular flexibility index (Phi) is 7.08. The Morgan fingerprint density at radius 1 is 0.850 bits per heavy atom. The number of carbonyl (C=O) groups is 3. The fraction of sp³-hybridized carbons (Fsp3) is 0.0357. The predicted molar refractivity (Wildman–Crippen MR) is 147 cm³/mol. The molecule has 1 aliphatic heterocycles. The standard InChI is InChI=1S/C28H17N3O8S/c32-26-25(40-28(34)29(26)16-18-8-9-19-5-1-2-6-20(19)10-18)12-17-4-3-7-24(11-17)39-27(33)21-13-22(30(35)36)15-23(14-21)31(37)38/h1-15H,16H2/b25-12-. The first-order chi connectivity index (χ1) is 19.2. The second kappa shape index (κ2) is 10.8. The van der Waals surface area contributed by atoms with Gasteiger partial charge in [-0.15, -0.1) is 0 Å². The van der Waals surface area contributed by atoms with Gasteiger partial charge in [-0.05, 0) is 57.9 Å². The van der Waals surface area contributed by atoms with Crippen LogP contribution in [0, 0.1) is 20.2 Å². The number of nitro groups is 2. The van der Waals surface area contributed by atoms with E-state index < -0.39 is 38.3 Å². The number of nitro benzene ring substituents is 2. The van der Waals surface area contributed by atoms with Gasteiger partial charge in [0.15, 0.2) is 0 Å². The van der Waals surface area contributed by atoms with Crippen LogP contribution in [-0.2, 0) is 11.3 Å². The number of hydrogen-bond donors (Lipinski definition) is 0. The second-order valence-corrected chi connectivity index (χ2v) is 9.66. The van der Waals surface area contributed by atoms with Crippen molar-refractivity contribution in [1.82, 2.24) is 4.90 Å². The van der Waals surface area contributed by atoms with Crippen LogP contribution >= 0.6 is 11.8 Å². The third-order valence-electron chi connectivity index (χ3n) is 5.95. The van der Waals surface area contributed by atoms with Gasteiger partial charge in [0.1, 0.15) is 5.75 Å². The first kappa shape index (κ1) is 26.3. The van der Waals surface area contributed by atoms with E-state index in [1.54, 1.807) is 12.1 Å². The maximum absolute atomic E-state index is 13.0. The molecule has 11 nitrogen and oxygen atoms in total. The fourth-order valence-corrected chi connectivity index (χ4v) is 4.90. The van der Waals surface area contributed by atoms with Gasteiger partial charge in [0.2, 0.25) is 0 Å². The number of amides is 2. The van der Waals surface area contributed by atoms with Crippen molar-refractivity contribution in [3.8, 4) is 5.75 Å². The van der Waals surface area contributed by atoms with Crippen LogP contribution in [0.4, 0.5) is 16.2 Å². The fourth-order valence-electron chi connectivity index (χ4n) is 4.06. The van der Waals surface area contributed by atoms with Gasteiger partial charge in [0.25, 0.3) is 22.5 Å². The summed E-state index contributed by atoms with van der Waals surface area (Å²) in [6.45, 7) is 0.111. The molecule has 0 bridgehead atoms. The Morgan fingerprint density at radius 3 is 2.25 bits per heavy atom. The highest BCUT2D eigenvalue weighted by molar-refractivity contribution is 8.18. The summed E-state index contributed by atoms with van der Waals surface area (Å²) in [5.41, 5.74) is -0.381. The van der Waals surface area contributed by atoms with Crippen molar-refractivity contribution in [3.63, 3.8) is 0 Å². The average Bonchev–Trinajstić information content (AvgIpc) is 3.20. The van der Waals surface area contributed by atoms with Crippen molar-refractivity contribution in [2.45, 2.75) is 6.54 Å². The summed E-state index contributed by atoms with van der Waals surface area (Å²) < 4.78 is 5.28. The zero-order chi connectivity index (χ0) is 28.4. The molecule has 0 unspecified atom stereocenters. The van der Waals surface area contributed by atoms with E-state index in [2.05, 4.69) is 0 Å². The van der Waals surface area contributed by atoms with Crippen LogP contribution < -0.4 is 4.74 Å². The lowest BCUT2D eigenvalue weighted by Crippen LogP contribution is -2.27. The second-order valence-electron chi connectivity index (χ2n) is 8.66. The molecule has 0 radical (unpaired) electrons. The van der Waals surface area contributed by atoms with Gasteiger partial charge in [0, 0.05) is 12.1 Å². The number of nitrogens with zero attached hydrogens (tertiary/aromatic N) is 3. The maximum atomic E-state index is 13.0. The highest BCUT2D eigenvalue weighted by Gasteiger charge is 2.35. The summed E-state index contributed by atoms with van der Waals surface area (Å²) >= 11 is 0.788. The van der Waals surface area contributed by atoms with Gasteiger partial charge in [-0.2, -0.15) is 0 Å². The number of thioether (sulfide) groups is 1. The monoisotopic (exact) mass is 555 g/mol. The number of hydrogen-bond acceptors (Lipinski definition) is 9. The van der Waals surface area contributed by atoms with E-state index >= 15 is 0 Å². The first-order valence-corrected chi connectivity index (χ1v) is 12.5. The summed E-state index contributed by atoms with van der Waals surface area (Å²) in [4.78, 5) is 60.1. The number of fused-ring (bicyclic) bond motifs is 1. The lowest BCUT2D eigenvalue weighted by molar-refractivity contribution is -0.394. The summed E-state index contributed by atoms with van der Waals surface area (Å²) in [5.74, 6) is -1.47. The van der Waals surface area contributed by atoms with E-state index in [9.17, 15) is 34.6 Å². The quantitative estimate of drug-likeness (QED) is 0.0864. The highest BCUT2D eigenvalue weighted by atomic mass is 32.2. The molecule has 40 heavy (non-hydrogen) atoms. The van der Waals surface area contributed by atoms with Crippen molar-refractivity contribution < 1.29 is 29.0 Å². The number of ether oxygens (including phenoxy) is 1. The molecule has 1 aliphatic rings. The molecule has 0 aliphatic carbocycles. The van der Waals surface area contributed by atoms with E-state index in [-0.39, 0.29) is 22.8 Å². The Hall–Kier alpha value is -5.36. The molecule has 12 heteroatoms. The van der Waals surface area contributed by atoms with E-state index in [0.717, 1.165) is 51.2 Å². The van der Waals surface area contributed by atoms with Crippen LogP contribution in [0.5, 0.6) is 5.75 Å². The first-order valence-electron chi connectivity index (χ1n) is 11.7. The molecule has 0 atom stereocenters. The van der Waals surface area contributed by atoms with Crippen molar-refractivity contribution in [3.05, 3.63) is 127 Å². The molecular weight excluding hydrogens is 538 g/mol. The Labute approximate surface area is 230 Å². The van der Waals surface area contributed by atoms with Crippen LogP contribution in [0.3, 0.4) is 0 Å². The number of rotatable bonds is 7. The van der Waals surface area contributed by atoms with Gasteiger partial charge < -0.3 is 4.74 Å². The predicted octanol–water partition coefficient (Wildman–Crippen LogP) is 6.11. The number of benzene rings is 4. The number of imide groups is 1. The molecule has 0 spiro atoms. The molecule has 4 aromatic rings. The molecule has 0 aromatic heterocycles. The highest BCUT2D eigenvalue weighted by Crippen LogP contribution is 2.34. The summed E-state index contributed by atoms with van der Waals surface area (Å²) in [6.07, 6.45) is 1.49. The van der Waals surface area contributed by atoms with E-state index in [1.165, 1.54) is 18.2 Å². The minimum absolute atomic E-state index is 0.0308. The average molecular weight is 556 g/mol. The van der Waals surface area contributed by atoms with Crippen LogP contribution in [0.25, 0.3) is 16.8 Å². The third kappa shape index (κ3) is 5.56. The van der Waals surface area contributed by atoms with Crippen molar-refractivity contribution in [1.29, 1.82) is 0 Å². The van der Waals surface area contributed by atoms with E-state index in [1.807, 2.05) is 42.5 Å². The van der Waals surface area contributed by atoms with Crippen LogP contribution in [0.2, 0.25) is 0 Å². The molecule has 1 saturated heterocycles. The Bertz CT molecular complexity index is 1740. The number of carbonyl (C=O) groups excluding carboxylic acids is 3. The smallest absolute Gasteiger partial charge is 0.344 e. The van der Waals surface area contributed by atoms with Crippen LogP contribution in [-0.4, -0.2) is 31.9 Å². The molecule has 4 aromatic carbocycles. The lowest BCUT2D eigenvalue weighted by atomic mass is 10.1. The zero-order valence-corrected chi connectivity index (χ0v) is 21.2. The minimum Gasteiger partial charge on any atom is -0.423 e. The van der Waals surface area contributed by atoms with Gasteiger partial charge in [-0.25, -0.2) is 4.79 Å². The summed E-state index contributed by atoms with van der Waals surface area (Å²) in [6, 6.07) is 22.0. The van der Waals surface area contributed by atoms with E-state index in [4.69, 9.17) is 4.74 Å². The van der Waals surface area contributed by atoms with Crippen LogP contribution in [0.15, 0.2) is 89.8 Å². The van der Waals surface area contributed by atoms with Gasteiger partial charge >= 0.3 is 5.97 Å². The molecule has 0 N–H and O–H groups in total. The summed E-state index contributed by atoms with van der Waals surface area (Å²) in [5, 5.41) is 23.8. The normalized spacial score (nSPS) is 14.1. The molecule has 1 heterocycles. The van der Waals surface area contributed by atoms with E-state index in [0.29, 0.717) is 5.56 Å². The molecule has 0 saturated carbocycles. The number of esters is 1. The number of non-ortho nitro benzene ring substituents is 2. The molecule has 1 fully saturated rings. The lowest BCUT2D eigenvalue weighted by Gasteiger charge is -2.13. The Balaban J connectivity index is 1.33. The zero-order valence-electron chi connectivity index (χ0n) is 20.4.